The number of aryl methyl sites for hydroxylation is 1. The molecule has 0 aliphatic rings. The fourth-order valence-corrected chi connectivity index (χ4v) is 3.00. The number of halogens is 1. The second kappa shape index (κ2) is 7.23. The van der Waals surface area contributed by atoms with E-state index in [9.17, 15) is 9.18 Å². The third-order valence-electron chi connectivity index (χ3n) is 3.27. The second-order valence-corrected chi connectivity index (χ2v) is 6.28. The van der Waals surface area contributed by atoms with Gasteiger partial charge in [-0.2, -0.15) is 0 Å². The number of aromatic nitrogens is 1. The number of nitrogens with zero attached hydrogens (tertiary/aromatic N) is 1. The lowest BCUT2D eigenvalue weighted by molar-refractivity contribution is -0.118. The first-order chi connectivity index (χ1) is 11.6. The quantitative estimate of drug-likeness (QED) is 0.753. The zero-order valence-electron chi connectivity index (χ0n) is 13.0. The highest BCUT2D eigenvalue weighted by Crippen LogP contribution is 2.30. The molecule has 1 amide bonds. The van der Waals surface area contributed by atoms with Crippen molar-refractivity contribution < 1.29 is 13.9 Å². The Bertz CT molecular complexity index is 832. The van der Waals surface area contributed by atoms with Crippen molar-refractivity contribution in [2.75, 3.05) is 11.9 Å². The van der Waals surface area contributed by atoms with Crippen molar-refractivity contribution in [2.45, 2.75) is 6.92 Å². The smallest absolute Gasteiger partial charge is 0.264 e. The number of rotatable bonds is 5. The van der Waals surface area contributed by atoms with E-state index in [4.69, 9.17) is 4.74 Å². The molecule has 1 aromatic heterocycles. The summed E-state index contributed by atoms with van der Waals surface area (Å²) in [6.45, 7) is 1.82. The lowest BCUT2D eigenvalue weighted by Crippen LogP contribution is -2.20. The summed E-state index contributed by atoms with van der Waals surface area (Å²) in [5.41, 5.74) is 1.55. The standard InChI is InChI=1S/C18H15FN2O2S/c1-12-17(13-7-9-14(19)10-8-13)21-18(24-12)20-16(22)11-23-15-5-3-2-4-6-15/h2-10H,11H2,1H3,(H,20,21,22). The van der Waals surface area contributed by atoms with Crippen LogP contribution in [0, 0.1) is 12.7 Å². The molecule has 0 saturated carbocycles. The van der Waals surface area contributed by atoms with Crippen LogP contribution in [0.2, 0.25) is 0 Å². The lowest BCUT2D eigenvalue weighted by Gasteiger charge is -2.05. The fourth-order valence-electron chi connectivity index (χ4n) is 2.15. The Morgan fingerprint density at radius 1 is 1.17 bits per heavy atom. The number of hydrogen-bond acceptors (Lipinski definition) is 4. The number of hydrogen-bond donors (Lipinski definition) is 1. The molecule has 3 aromatic rings. The van der Waals surface area contributed by atoms with E-state index in [2.05, 4.69) is 10.3 Å². The van der Waals surface area contributed by atoms with Gasteiger partial charge in [0.1, 0.15) is 11.6 Å². The number of amides is 1. The highest BCUT2D eigenvalue weighted by Gasteiger charge is 2.12. The van der Waals surface area contributed by atoms with Crippen molar-refractivity contribution in [1.82, 2.24) is 4.98 Å². The van der Waals surface area contributed by atoms with Gasteiger partial charge >= 0.3 is 0 Å². The van der Waals surface area contributed by atoms with Crippen LogP contribution in [-0.2, 0) is 4.79 Å². The molecule has 0 spiro atoms. The molecule has 0 unspecified atom stereocenters. The number of carbonyl (C=O) groups excluding carboxylic acids is 1. The molecule has 2 aromatic carbocycles. The first kappa shape index (κ1) is 16.1. The van der Waals surface area contributed by atoms with Gasteiger partial charge in [-0.3, -0.25) is 10.1 Å². The van der Waals surface area contributed by atoms with Gasteiger partial charge in [0.05, 0.1) is 5.69 Å². The Balaban J connectivity index is 1.64. The van der Waals surface area contributed by atoms with Crippen molar-refractivity contribution in [3.05, 3.63) is 65.3 Å². The van der Waals surface area contributed by atoms with Gasteiger partial charge in [0.2, 0.25) is 0 Å². The van der Waals surface area contributed by atoms with Crippen LogP contribution in [0.5, 0.6) is 5.75 Å². The number of nitrogens with one attached hydrogen (secondary N) is 1. The lowest BCUT2D eigenvalue weighted by atomic mass is 10.1. The van der Waals surface area contributed by atoms with Crippen molar-refractivity contribution in [2.24, 2.45) is 0 Å². The predicted molar refractivity (Wildman–Crippen MR) is 92.8 cm³/mol. The molecule has 122 valence electrons. The number of para-hydroxylation sites is 1. The van der Waals surface area contributed by atoms with E-state index in [1.807, 2.05) is 25.1 Å². The summed E-state index contributed by atoms with van der Waals surface area (Å²) in [4.78, 5) is 17.3. The van der Waals surface area contributed by atoms with E-state index < -0.39 is 0 Å². The van der Waals surface area contributed by atoms with Gasteiger partial charge in [0.15, 0.2) is 11.7 Å². The third kappa shape index (κ3) is 3.97. The van der Waals surface area contributed by atoms with Crippen LogP contribution < -0.4 is 10.1 Å². The Morgan fingerprint density at radius 3 is 2.58 bits per heavy atom. The minimum absolute atomic E-state index is 0.0888. The Labute approximate surface area is 142 Å². The molecule has 0 aliphatic carbocycles. The van der Waals surface area contributed by atoms with Crippen molar-refractivity contribution in [1.29, 1.82) is 0 Å². The fraction of sp³-hybridized carbons (Fsp3) is 0.111. The minimum Gasteiger partial charge on any atom is -0.484 e. The molecule has 0 fully saturated rings. The maximum absolute atomic E-state index is 13.0. The molecular weight excluding hydrogens is 327 g/mol. The first-order valence-corrected chi connectivity index (χ1v) is 8.14. The van der Waals surface area contributed by atoms with Gasteiger partial charge in [-0.1, -0.05) is 18.2 Å². The van der Waals surface area contributed by atoms with E-state index in [0.29, 0.717) is 10.9 Å². The maximum atomic E-state index is 13.0. The summed E-state index contributed by atoms with van der Waals surface area (Å²) in [7, 11) is 0. The van der Waals surface area contributed by atoms with Crippen LogP contribution in [0.4, 0.5) is 9.52 Å². The molecule has 0 saturated heterocycles. The summed E-state index contributed by atoms with van der Waals surface area (Å²) >= 11 is 1.37. The zero-order chi connectivity index (χ0) is 16.9. The normalized spacial score (nSPS) is 10.4. The summed E-state index contributed by atoms with van der Waals surface area (Å²) in [5, 5.41) is 3.22. The van der Waals surface area contributed by atoms with Crippen LogP contribution in [0.25, 0.3) is 11.3 Å². The van der Waals surface area contributed by atoms with Gasteiger partial charge in [-0.25, -0.2) is 9.37 Å². The Kier molecular flexibility index (Phi) is 4.86. The predicted octanol–water partition coefficient (Wildman–Crippen LogP) is 4.28. The number of ether oxygens (including phenoxy) is 1. The van der Waals surface area contributed by atoms with Crippen LogP contribution in [0.15, 0.2) is 54.6 Å². The van der Waals surface area contributed by atoms with Crippen LogP contribution in [-0.4, -0.2) is 17.5 Å². The maximum Gasteiger partial charge on any atom is 0.264 e. The molecule has 6 heteroatoms. The average molecular weight is 342 g/mol. The van der Waals surface area contributed by atoms with Gasteiger partial charge in [-0.15, -0.1) is 11.3 Å². The Morgan fingerprint density at radius 2 is 1.88 bits per heavy atom. The van der Waals surface area contributed by atoms with E-state index in [1.54, 1.807) is 24.3 Å². The molecule has 1 heterocycles. The molecule has 3 rings (SSSR count). The number of anilines is 1. The van der Waals surface area contributed by atoms with Crippen molar-refractivity contribution >= 4 is 22.4 Å². The molecule has 24 heavy (non-hydrogen) atoms. The minimum atomic E-state index is -0.293. The molecule has 0 aliphatic heterocycles. The van der Waals surface area contributed by atoms with E-state index in [-0.39, 0.29) is 18.3 Å². The molecule has 0 atom stereocenters. The largest absolute Gasteiger partial charge is 0.484 e. The summed E-state index contributed by atoms with van der Waals surface area (Å²) in [6, 6.07) is 15.2. The molecular formula is C18H15FN2O2S. The Hall–Kier alpha value is -2.73. The highest BCUT2D eigenvalue weighted by atomic mass is 32.1. The topological polar surface area (TPSA) is 51.2 Å². The van der Waals surface area contributed by atoms with Crippen LogP contribution in [0.1, 0.15) is 4.88 Å². The first-order valence-electron chi connectivity index (χ1n) is 7.33. The molecule has 4 nitrogen and oxygen atoms in total. The van der Waals surface area contributed by atoms with Crippen molar-refractivity contribution in [3.8, 4) is 17.0 Å². The third-order valence-corrected chi connectivity index (χ3v) is 4.16. The SMILES string of the molecule is Cc1sc(NC(=O)COc2ccccc2)nc1-c1ccc(F)cc1. The summed E-state index contributed by atoms with van der Waals surface area (Å²) < 4.78 is 18.4. The summed E-state index contributed by atoms with van der Waals surface area (Å²) in [6.07, 6.45) is 0. The van der Waals surface area contributed by atoms with Crippen LogP contribution >= 0.6 is 11.3 Å². The second-order valence-electron chi connectivity index (χ2n) is 5.08. The van der Waals surface area contributed by atoms with Gasteiger partial charge < -0.3 is 4.74 Å². The van der Waals surface area contributed by atoms with Gasteiger partial charge in [0.25, 0.3) is 5.91 Å². The summed E-state index contributed by atoms with van der Waals surface area (Å²) in [5.74, 6) is 0.0615. The van der Waals surface area contributed by atoms with E-state index in [1.165, 1.54) is 23.5 Å². The number of benzene rings is 2. The van der Waals surface area contributed by atoms with Crippen LogP contribution in [0.3, 0.4) is 0 Å². The molecule has 0 bridgehead atoms. The molecule has 0 radical (unpaired) electrons. The monoisotopic (exact) mass is 342 g/mol. The zero-order valence-corrected chi connectivity index (χ0v) is 13.8. The van der Waals surface area contributed by atoms with Gasteiger partial charge in [-0.05, 0) is 43.3 Å². The van der Waals surface area contributed by atoms with E-state index >= 15 is 0 Å². The van der Waals surface area contributed by atoms with Crippen molar-refractivity contribution in [3.63, 3.8) is 0 Å². The molecule has 1 N–H and O–H groups in total. The number of carbonyl (C=O) groups is 1. The van der Waals surface area contributed by atoms with Gasteiger partial charge in [0, 0.05) is 10.4 Å². The average Bonchev–Trinajstić information content (AvgIpc) is 2.95. The number of thiazole rings is 1. The highest BCUT2D eigenvalue weighted by molar-refractivity contribution is 7.16. The van der Waals surface area contributed by atoms with E-state index in [0.717, 1.165) is 16.1 Å².